The zero-order chi connectivity index (χ0) is 39.7. The highest BCUT2D eigenvalue weighted by molar-refractivity contribution is 6.01. The Labute approximate surface area is 307 Å². The SMILES string of the molecule is O=C(CCCCCC(=O)ON1C(=O)CCC1=O)NCCO[C@H]1O[C@H](COC2O[C@H](CO)[C@@H](O)[C@H](O)[C@@H]2O)[C@@H](O)[C@H](O[C@H]2O[C@H](CO)[C@@H](O)[C@H](O)[C@@H]2O)[C@@H]1O. The van der Waals surface area contributed by atoms with Gasteiger partial charge in [-0.25, -0.2) is 4.79 Å². The van der Waals surface area contributed by atoms with E-state index in [0.717, 1.165) is 0 Å². The molecule has 4 aliphatic rings. The van der Waals surface area contributed by atoms with Crippen molar-refractivity contribution in [1.82, 2.24) is 10.4 Å². The van der Waals surface area contributed by atoms with Gasteiger partial charge in [0.1, 0.15) is 73.2 Å². The molecule has 3 amide bonds. The minimum atomic E-state index is -1.91. The molecule has 0 aromatic heterocycles. The number of aliphatic hydroxyl groups is 10. The molecule has 0 spiro atoms. The van der Waals surface area contributed by atoms with Crippen LogP contribution in [-0.2, 0) is 52.4 Å². The maximum Gasteiger partial charge on any atom is 0.333 e. The summed E-state index contributed by atoms with van der Waals surface area (Å²) >= 11 is 0. The van der Waals surface area contributed by atoms with Crippen molar-refractivity contribution in [2.45, 2.75) is 137 Å². The Balaban J connectivity index is 1.28. The van der Waals surface area contributed by atoms with Crippen molar-refractivity contribution < 1.29 is 104 Å². The molecule has 310 valence electrons. The lowest BCUT2D eigenvalue weighted by Gasteiger charge is -2.46. The van der Waals surface area contributed by atoms with Gasteiger partial charge >= 0.3 is 5.97 Å². The molecule has 4 fully saturated rings. The van der Waals surface area contributed by atoms with Crippen molar-refractivity contribution in [1.29, 1.82) is 0 Å². The average molecular weight is 787 g/mol. The fourth-order valence-corrected chi connectivity index (χ4v) is 6.06. The zero-order valence-electron chi connectivity index (χ0n) is 29.1. The van der Waals surface area contributed by atoms with Crippen molar-refractivity contribution in [3.8, 4) is 0 Å². The first-order valence-corrected chi connectivity index (χ1v) is 17.5. The number of carbonyl (C=O) groups excluding carboxylic acids is 4. The molecule has 1 unspecified atom stereocenters. The van der Waals surface area contributed by atoms with Gasteiger partial charge in [-0.1, -0.05) is 6.42 Å². The van der Waals surface area contributed by atoms with Crippen LogP contribution < -0.4 is 5.32 Å². The number of rotatable bonds is 18. The maximum absolute atomic E-state index is 12.3. The molecular formula is C31H50N2O21. The number of unbranched alkanes of at least 4 members (excludes halogenated alkanes) is 2. The molecule has 0 saturated carbocycles. The van der Waals surface area contributed by atoms with Gasteiger partial charge in [0.2, 0.25) is 5.91 Å². The van der Waals surface area contributed by atoms with Crippen LogP contribution >= 0.6 is 0 Å². The van der Waals surface area contributed by atoms with Gasteiger partial charge in [0.15, 0.2) is 18.9 Å². The van der Waals surface area contributed by atoms with Crippen molar-refractivity contribution in [3.05, 3.63) is 0 Å². The van der Waals surface area contributed by atoms with E-state index in [4.69, 9.17) is 33.3 Å². The molecule has 0 aliphatic carbocycles. The van der Waals surface area contributed by atoms with E-state index >= 15 is 0 Å². The van der Waals surface area contributed by atoms with E-state index in [-0.39, 0.29) is 44.7 Å². The molecular weight excluding hydrogens is 736 g/mol. The number of aliphatic hydroxyl groups excluding tert-OH is 10. The van der Waals surface area contributed by atoms with Gasteiger partial charge in [-0.3, -0.25) is 14.4 Å². The molecule has 4 aliphatic heterocycles. The predicted octanol–water partition coefficient (Wildman–Crippen LogP) is -6.87. The van der Waals surface area contributed by atoms with Crippen LogP contribution in [0.3, 0.4) is 0 Å². The van der Waals surface area contributed by atoms with Gasteiger partial charge in [-0.2, -0.15) is 0 Å². The number of nitrogens with one attached hydrogen (secondary N) is 1. The summed E-state index contributed by atoms with van der Waals surface area (Å²) in [5.41, 5.74) is 0. The van der Waals surface area contributed by atoms with Crippen LogP contribution in [0.5, 0.6) is 0 Å². The smallest absolute Gasteiger partial charge is 0.333 e. The fourth-order valence-electron chi connectivity index (χ4n) is 6.06. The predicted molar refractivity (Wildman–Crippen MR) is 168 cm³/mol. The number of hydrogen-bond donors (Lipinski definition) is 11. The maximum atomic E-state index is 12.3. The van der Waals surface area contributed by atoms with E-state index in [9.17, 15) is 70.2 Å². The number of hydrogen-bond acceptors (Lipinski definition) is 21. The molecule has 4 saturated heterocycles. The van der Waals surface area contributed by atoms with Crippen molar-refractivity contribution in [2.75, 3.05) is 33.0 Å². The topological polar surface area (TPSA) is 350 Å². The quantitative estimate of drug-likeness (QED) is 0.0454. The molecule has 23 nitrogen and oxygen atoms in total. The van der Waals surface area contributed by atoms with Crippen molar-refractivity contribution in [2.24, 2.45) is 0 Å². The van der Waals surface area contributed by atoms with Crippen molar-refractivity contribution in [3.63, 3.8) is 0 Å². The van der Waals surface area contributed by atoms with E-state index in [2.05, 4.69) is 5.32 Å². The summed E-state index contributed by atoms with van der Waals surface area (Å²) in [6, 6.07) is 0. The number of imide groups is 1. The lowest BCUT2D eigenvalue weighted by atomic mass is 9.96. The van der Waals surface area contributed by atoms with Crippen LogP contribution in [0, 0.1) is 0 Å². The van der Waals surface area contributed by atoms with Crippen LogP contribution in [0.1, 0.15) is 44.9 Å². The van der Waals surface area contributed by atoms with Crippen molar-refractivity contribution >= 4 is 23.7 Å². The molecule has 0 aromatic carbocycles. The summed E-state index contributed by atoms with van der Waals surface area (Å²) < 4.78 is 33.1. The molecule has 0 aromatic rings. The highest BCUT2D eigenvalue weighted by Gasteiger charge is 2.52. The molecule has 4 heterocycles. The number of amides is 3. The Morgan fingerprint density at radius 1 is 0.648 bits per heavy atom. The summed E-state index contributed by atoms with van der Waals surface area (Å²) in [5, 5.41) is 106. The number of ether oxygens (including phenoxy) is 6. The Morgan fingerprint density at radius 3 is 1.80 bits per heavy atom. The second-order valence-electron chi connectivity index (χ2n) is 13.2. The Bertz CT molecular complexity index is 1230. The summed E-state index contributed by atoms with van der Waals surface area (Å²) in [4.78, 5) is 52.1. The van der Waals surface area contributed by atoms with E-state index in [1.165, 1.54) is 0 Å². The molecule has 15 atom stereocenters. The molecule has 4 rings (SSSR count). The Morgan fingerprint density at radius 2 is 1.19 bits per heavy atom. The Kier molecular flexibility index (Phi) is 16.8. The lowest BCUT2D eigenvalue weighted by Crippen LogP contribution is -2.65. The first kappa shape index (κ1) is 44.2. The highest BCUT2D eigenvalue weighted by Crippen LogP contribution is 2.31. The normalized spacial score (nSPS) is 38.8. The van der Waals surface area contributed by atoms with Gasteiger partial charge in [0, 0.05) is 32.2 Å². The third kappa shape index (κ3) is 11.1. The van der Waals surface area contributed by atoms with Crippen LogP contribution in [0.25, 0.3) is 0 Å². The molecule has 0 bridgehead atoms. The molecule has 54 heavy (non-hydrogen) atoms. The van der Waals surface area contributed by atoms with Gasteiger partial charge in [-0.15, -0.1) is 5.06 Å². The first-order valence-electron chi connectivity index (χ1n) is 17.5. The summed E-state index contributed by atoms with van der Waals surface area (Å²) in [7, 11) is 0. The van der Waals surface area contributed by atoms with E-state index in [1.54, 1.807) is 0 Å². The van der Waals surface area contributed by atoms with Gasteiger partial charge in [0.05, 0.1) is 26.4 Å². The fraction of sp³-hybridized carbons (Fsp3) is 0.871. The van der Waals surface area contributed by atoms with Crippen LogP contribution in [0.15, 0.2) is 0 Å². The Hall–Kier alpha value is -2.56. The standard InChI is InChI=1S/C31H50N2O21/c34-10-13-20(40)23(43)25(45)29(50-13)49-12-15-22(42)28(53-31-26(46)24(44)21(41)14(11-35)51-31)27(47)30(52-15)48-9-8-32-16(36)4-2-1-3-5-19(39)54-33-17(37)6-7-18(33)38/h13-15,20-31,34-35,40-47H,1-12H2,(H,32,36)/t13-,14-,15-,20-,21-,22-,23+,24+,25+,26+,27+,28+,29?,30+,31-/m1/s1. The lowest BCUT2D eigenvalue weighted by molar-refractivity contribution is -0.366. The van der Waals surface area contributed by atoms with E-state index in [1.807, 2.05) is 0 Å². The zero-order valence-corrected chi connectivity index (χ0v) is 29.1. The van der Waals surface area contributed by atoms with Gasteiger partial charge in [-0.05, 0) is 12.8 Å². The van der Waals surface area contributed by atoms with Crippen LogP contribution in [0.2, 0.25) is 0 Å². The minimum Gasteiger partial charge on any atom is -0.394 e. The number of hydroxylamine groups is 2. The second kappa shape index (κ2) is 20.6. The monoisotopic (exact) mass is 786 g/mol. The van der Waals surface area contributed by atoms with Crippen LogP contribution in [-0.4, -0.2) is 205 Å². The largest absolute Gasteiger partial charge is 0.394 e. The molecule has 0 radical (unpaired) electrons. The highest BCUT2D eigenvalue weighted by atomic mass is 16.8. The summed E-state index contributed by atoms with van der Waals surface area (Å²) in [6.45, 7) is -2.55. The van der Waals surface area contributed by atoms with Gasteiger partial charge < -0.3 is 89.6 Å². The molecule has 23 heteroatoms. The van der Waals surface area contributed by atoms with Gasteiger partial charge in [0.25, 0.3) is 11.8 Å². The third-order valence-electron chi connectivity index (χ3n) is 9.24. The summed E-state index contributed by atoms with van der Waals surface area (Å²) in [6.07, 6.45) is -24.2. The number of nitrogens with zero attached hydrogens (tertiary/aromatic N) is 1. The minimum absolute atomic E-state index is 0.0197. The van der Waals surface area contributed by atoms with Crippen LogP contribution in [0.4, 0.5) is 0 Å². The van der Waals surface area contributed by atoms with E-state index in [0.29, 0.717) is 24.3 Å². The first-order chi connectivity index (χ1) is 25.7. The third-order valence-corrected chi connectivity index (χ3v) is 9.24. The number of carbonyl (C=O) groups is 4. The molecule has 11 N–H and O–H groups in total. The van der Waals surface area contributed by atoms with E-state index < -0.39 is 130 Å². The summed E-state index contributed by atoms with van der Waals surface area (Å²) in [5.74, 6) is -2.30. The average Bonchev–Trinajstić information content (AvgIpc) is 3.46. The second-order valence-corrected chi connectivity index (χ2v) is 13.2.